The standard InChI is InChI=1S/C17H14BrN3O2/c1-11-19-15-8-3-2-7-14(15)17(20-11)23-10-16(22)21-13-6-4-5-12(18)9-13/h2-9H,10H2,1H3,(H,21,22). The fourth-order valence-corrected chi connectivity index (χ4v) is 2.56. The van der Waals surface area contributed by atoms with Crippen LogP contribution in [0.4, 0.5) is 5.69 Å². The van der Waals surface area contributed by atoms with Gasteiger partial charge in [0, 0.05) is 10.2 Å². The number of rotatable bonds is 4. The predicted octanol–water partition coefficient (Wildman–Crippen LogP) is 3.72. The molecule has 1 amide bonds. The number of ether oxygens (including phenoxy) is 1. The normalized spacial score (nSPS) is 10.5. The second-order valence-corrected chi connectivity index (χ2v) is 5.86. The Hall–Kier alpha value is -2.47. The minimum atomic E-state index is -0.247. The summed E-state index contributed by atoms with van der Waals surface area (Å²) in [5, 5.41) is 3.56. The van der Waals surface area contributed by atoms with E-state index < -0.39 is 0 Å². The summed E-state index contributed by atoms with van der Waals surface area (Å²) in [7, 11) is 0. The second kappa shape index (κ2) is 6.75. The fourth-order valence-electron chi connectivity index (χ4n) is 2.17. The van der Waals surface area contributed by atoms with Gasteiger partial charge in [0.1, 0.15) is 5.82 Å². The minimum absolute atomic E-state index is 0.118. The maximum absolute atomic E-state index is 12.0. The van der Waals surface area contributed by atoms with Crippen molar-refractivity contribution in [2.75, 3.05) is 11.9 Å². The van der Waals surface area contributed by atoms with Crippen molar-refractivity contribution in [3.63, 3.8) is 0 Å². The summed E-state index contributed by atoms with van der Waals surface area (Å²) in [4.78, 5) is 20.6. The first-order valence-corrected chi connectivity index (χ1v) is 7.83. The summed E-state index contributed by atoms with van der Waals surface area (Å²) in [5.74, 6) is 0.770. The van der Waals surface area contributed by atoms with Crippen LogP contribution in [-0.4, -0.2) is 22.5 Å². The highest BCUT2D eigenvalue weighted by Crippen LogP contribution is 2.22. The second-order valence-electron chi connectivity index (χ2n) is 4.94. The van der Waals surface area contributed by atoms with Crippen molar-refractivity contribution >= 4 is 38.4 Å². The van der Waals surface area contributed by atoms with Crippen molar-refractivity contribution in [1.29, 1.82) is 0 Å². The quantitative estimate of drug-likeness (QED) is 0.758. The van der Waals surface area contributed by atoms with Gasteiger partial charge in [0.05, 0.1) is 10.9 Å². The smallest absolute Gasteiger partial charge is 0.262 e. The maximum atomic E-state index is 12.0. The number of aryl methyl sites for hydroxylation is 1. The summed E-state index contributed by atoms with van der Waals surface area (Å²) >= 11 is 3.36. The zero-order valence-corrected chi connectivity index (χ0v) is 14.0. The van der Waals surface area contributed by atoms with Gasteiger partial charge in [-0.15, -0.1) is 0 Å². The molecule has 0 saturated carbocycles. The lowest BCUT2D eigenvalue weighted by Gasteiger charge is -2.09. The van der Waals surface area contributed by atoms with E-state index in [0.717, 1.165) is 15.4 Å². The van der Waals surface area contributed by atoms with E-state index in [1.54, 1.807) is 6.92 Å². The van der Waals surface area contributed by atoms with Gasteiger partial charge in [0.15, 0.2) is 6.61 Å². The van der Waals surface area contributed by atoms with Crippen LogP contribution in [0.25, 0.3) is 10.9 Å². The van der Waals surface area contributed by atoms with Gasteiger partial charge in [0.25, 0.3) is 5.91 Å². The fraction of sp³-hybridized carbons (Fsp3) is 0.118. The van der Waals surface area contributed by atoms with E-state index in [-0.39, 0.29) is 12.5 Å². The Bertz CT molecular complexity index is 867. The van der Waals surface area contributed by atoms with Crippen LogP contribution < -0.4 is 10.1 Å². The Morgan fingerprint density at radius 1 is 1.17 bits per heavy atom. The van der Waals surface area contributed by atoms with Gasteiger partial charge in [0.2, 0.25) is 5.88 Å². The lowest BCUT2D eigenvalue weighted by Crippen LogP contribution is -2.20. The van der Waals surface area contributed by atoms with Crippen molar-refractivity contribution in [3.05, 3.63) is 58.8 Å². The van der Waals surface area contributed by atoms with E-state index in [1.807, 2.05) is 48.5 Å². The zero-order valence-electron chi connectivity index (χ0n) is 12.4. The van der Waals surface area contributed by atoms with Crippen molar-refractivity contribution < 1.29 is 9.53 Å². The van der Waals surface area contributed by atoms with E-state index in [1.165, 1.54) is 0 Å². The average Bonchev–Trinajstić information content (AvgIpc) is 2.52. The summed E-state index contributed by atoms with van der Waals surface area (Å²) in [6, 6.07) is 14.9. The number of halogens is 1. The van der Waals surface area contributed by atoms with Gasteiger partial charge in [-0.3, -0.25) is 4.79 Å². The largest absolute Gasteiger partial charge is 0.467 e. The molecule has 0 aliphatic carbocycles. The van der Waals surface area contributed by atoms with Crippen LogP contribution in [0.15, 0.2) is 53.0 Å². The van der Waals surface area contributed by atoms with E-state index in [4.69, 9.17) is 4.74 Å². The molecule has 116 valence electrons. The zero-order chi connectivity index (χ0) is 16.2. The van der Waals surface area contributed by atoms with Gasteiger partial charge >= 0.3 is 0 Å². The van der Waals surface area contributed by atoms with Gasteiger partial charge in [-0.1, -0.05) is 34.1 Å². The van der Waals surface area contributed by atoms with Crippen LogP contribution >= 0.6 is 15.9 Å². The third kappa shape index (κ3) is 3.84. The minimum Gasteiger partial charge on any atom is -0.467 e. The highest BCUT2D eigenvalue weighted by molar-refractivity contribution is 9.10. The molecule has 0 atom stereocenters. The molecule has 3 aromatic rings. The number of nitrogens with one attached hydrogen (secondary N) is 1. The van der Waals surface area contributed by atoms with Gasteiger partial charge in [-0.2, -0.15) is 4.98 Å². The first kappa shape index (κ1) is 15.4. The molecule has 0 unspecified atom stereocenters. The van der Waals surface area contributed by atoms with Crippen LogP contribution in [0.1, 0.15) is 5.82 Å². The number of aromatic nitrogens is 2. The number of benzene rings is 2. The molecule has 0 aliphatic heterocycles. The molecule has 23 heavy (non-hydrogen) atoms. The Balaban J connectivity index is 1.72. The van der Waals surface area contributed by atoms with Gasteiger partial charge in [-0.05, 0) is 37.3 Å². The molecule has 3 rings (SSSR count). The van der Waals surface area contributed by atoms with Crippen LogP contribution in [-0.2, 0) is 4.79 Å². The van der Waals surface area contributed by atoms with Crippen molar-refractivity contribution in [2.45, 2.75) is 6.92 Å². The number of nitrogens with zero attached hydrogens (tertiary/aromatic N) is 2. The number of hydrogen-bond acceptors (Lipinski definition) is 4. The molecule has 1 heterocycles. The predicted molar refractivity (Wildman–Crippen MR) is 92.5 cm³/mol. The topological polar surface area (TPSA) is 64.1 Å². The third-order valence-corrected chi connectivity index (χ3v) is 3.62. The maximum Gasteiger partial charge on any atom is 0.262 e. The summed E-state index contributed by atoms with van der Waals surface area (Å²) in [5.41, 5.74) is 1.50. The molecule has 5 nitrogen and oxygen atoms in total. The van der Waals surface area contributed by atoms with Crippen LogP contribution in [0.2, 0.25) is 0 Å². The third-order valence-electron chi connectivity index (χ3n) is 3.13. The van der Waals surface area contributed by atoms with Crippen LogP contribution in [0.5, 0.6) is 5.88 Å². The molecule has 6 heteroatoms. The Morgan fingerprint density at radius 2 is 2.00 bits per heavy atom. The molecule has 1 aromatic heterocycles. The molecule has 0 aliphatic rings. The number of anilines is 1. The lowest BCUT2D eigenvalue weighted by atomic mass is 10.2. The molecule has 2 aromatic carbocycles. The summed E-state index contributed by atoms with van der Waals surface area (Å²) < 4.78 is 6.49. The van der Waals surface area contributed by atoms with E-state index in [0.29, 0.717) is 17.4 Å². The van der Waals surface area contributed by atoms with Crippen molar-refractivity contribution in [3.8, 4) is 5.88 Å². The number of hydrogen-bond donors (Lipinski definition) is 1. The number of amides is 1. The molecule has 1 N–H and O–H groups in total. The molecule has 0 radical (unpaired) electrons. The average molecular weight is 372 g/mol. The molecular weight excluding hydrogens is 358 g/mol. The number of carbonyl (C=O) groups excluding carboxylic acids is 1. The van der Waals surface area contributed by atoms with Crippen molar-refractivity contribution in [2.24, 2.45) is 0 Å². The molecular formula is C17H14BrN3O2. The summed E-state index contributed by atoms with van der Waals surface area (Å²) in [6.07, 6.45) is 0. The van der Waals surface area contributed by atoms with Gasteiger partial charge < -0.3 is 10.1 Å². The first-order valence-electron chi connectivity index (χ1n) is 7.03. The Morgan fingerprint density at radius 3 is 2.83 bits per heavy atom. The number of carbonyl (C=O) groups is 1. The highest BCUT2D eigenvalue weighted by Gasteiger charge is 2.09. The van der Waals surface area contributed by atoms with E-state index >= 15 is 0 Å². The Kier molecular flexibility index (Phi) is 4.52. The van der Waals surface area contributed by atoms with E-state index in [9.17, 15) is 4.79 Å². The van der Waals surface area contributed by atoms with Crippen LogP contribution in [0.3, 0.4) is 0 Å². The monoisotopic (exact) mass is 371 g/mol. The van der Waals surface area contributed by atoms with E-state index in [2.05, 4.69) is 31.2 Å². The lowest BCUT2D eigenvalue weighted by molar-refractivity contribution is -0.118. The van der Waals surface area contributed by atoms with Crippen molar-refractivity contribution in [1.82, 2.24) is 9.97 Å². The highest BCUT2D eigenvalue weighted by atomic mass is 79.9. The SMILES string of the molecule is Cc1nc(OCC(=O)Nc2cccc(Br)c2)c2ccccc2n1. The molecule has 0 spiro atoms. The number of para-hydroxylation sites is 1. The molecule has 0 fully saturated rings. The Labute approximate surface area is 141 Å². The number of fused-ring (bicyclic) bond motifs is 1. The van der Waals surface area contributed by atoms with Crippen LogP contribution in [0, 0.1) is 6.92 Å². The molecule has 0 saturated heterocycles. The molecule has 0 bridgehead atoms. The first-order chi connectivity index (χ1) is 11.1. The summed E-state index contributed by atoms with van der Waals surface area (Å²) in [6.45, 7) is 1.67. The van der Waals surface area contributed by atoms with Gasteiger partial charge in [-0.25, -0.2) is 4.98 Å².